The smallest absolute Gasteiger partial charge is 0.318 e. The Morgan fingerprint density at radius 3 is 1.98 bits per heavy atom. The standard InChI is InChI=1S/C34H40N4O4S/c39-33(32(26-28-12-6-2-7-13-28)36-34(40)38-23-21-37(22-24-38)30-18-19-30)35-29(17-16-27-10-4-1-5-11-27)20-25-43(41,42)31-14-8-3-9-15-31/h1-15,20,25,29-30,32H,16-19,21-24,26H2,(H,35,39)(H,36,40)/b25-20+/t29-,32-/m0/s1. The molecule has 2 fully saturated rings. The van der Waals surface area contributed by atoms with E-state index in [1.165, 1.54) is 18.2 Å². The molecule has 3 amide bonds. The van der Waals surface area contributed by atoms with Gasteiger partial charge >= 0.3 is 6.03 Å². The Morgan fingerprint density at radius 1 is 0.791 bits per heavy atom. The molecule has 1 heterocycles. The van der Waals surface area contributed by atoms with E-state index in [0.29, 0.717) is 38.4 Å². The summed E-state index contributed by atoms with van der Waals surface area (Å²) in [4.78, 5) is 31.5. The Labute approximate surface area is 254 Å². The van der Waals surface area contributed by atoms with Crippen LogP contribution in [0.5, 0.6) is 0 Å². The fourth-order valence-electron chi connectivity index (χ4n) is 5.38. The van der Waals surface area contributed by atoms with E-state index in [1.54, 1.807) is 41.3 Å². The van der Waals surface area contributed by atoms with Gasteiger partial charge < -0.3 is 15.5 Å². The predicted molar refractivity (Wildman–Crippen MR) is 168 cm³/mol. The third-order valence-electron chi connectivity index (χ3n) is 8.04. The van der Waals surface area contributed by atoms with E-state index in [2.05, 4.69) is 15.5 Å². The van der Waals surface area contributed by atoms with Crippen molar-refractivity contribution in [2.45, 2.75) is 55.1 Å². The summed E-state index contributed by atoms with van der Waals surface area (Å²) in [6, 6.07) is 26.7. The lowest BCUT2D eigenvalue weighted by atomic mass is 10.0. The van der Waals surface area contributed by atoms with E-state index in [9.17, 15) is 18.0 Å². The first-order valence-electron chi connectivity index (χ1n) is 15.0. The van der Waals surface area contributed by atoms with Crippen LogP contribution in [-0.2, 0) is 27.5 Å². The molecule has 3 aromatic carbocycles. The van der Waals surface area contributed by atoms with E-state index >= 15 is 0 Å². The molecule has 0 unspecified atom stereocenters. The molecule has 8 nitrogen and oxygen atoms in total. The molecule has 0 bridgehead atoms. The summed E-state index contributed by atoms with van der Waals surface area (Å²) in [5.41, 5.74) is 2.00. The number of hydrogen-bond acceptors (Lipinski definition) is 5. The van der Waals surface area contributed by atoms with Gasteiger partial charge in [0.1, 0.15) is 6.04 Å². The number of carbonyl (C=O) groups excluding carboxylic acids is 2. The maximum atomic E-state index is 13.8. The number of amides is 3. The third kappa shape index (κ3) is 9.02. The van der Waals surface area contributed by atoms with Gasteiger partial charge in [-0.15, -0.1) is 0 Å². The molecule has 1 aliphatic heterocycles. The largest absolute Gasteiger partial charge is 0.348 e. The van der Waals surface area contributed by atoms with E-state index in [0.717, 1.165) is 24.2 Å². The third-order valence-corrected chi connectivity index (χ3v) is 9.48. The number of nitrogens with one attached hydrogen (secondary N) is 2. The predicted octanol–water partition coefficient (Wildman–Crippen LogP) is 4.19. The second-order valence-electron chi connectivity index (χ2n) is 11.3. The van der Waals surface area contributed by atoms with Crippen molar-refractivity contribution < 1.29 is 18.0 Å². The van der Waals surface area contributed by atoms with Gasteiger partial charge in [0.25, 0.3) is 0 Å². The molecule has 2 aliphatic rings. The van der Waals surface area contributed by atoms with Gasteiger partial charge in [0.05, 0.1) is 4.90 Å². The van der Waals surface area contributed by atoms with Crippen LogP contribution in [0.15, 0.2) is 107 Å². The average molecular weight is 601 g/mol. The summed E-state index contributed by atoms with van der Waals surface area (Å²) < 4.78 is 26.0. The first kappa shape index (κ1) is 30.5. The van der Waals surface area contributed by atoms with Crippen LogP contribution in [0.2, 0.25) is 0 Å². The lowest BCUT2D eigenvalue weighted by Crippen LogP contribution is -2.57. The van der Waals surface area contributed by atoms with Gasteiger partial charge in [-0.2, -0.15) is 0 Å². The summed E-state index contributed by atoms with van der Waals surface area (Å²) >= 11 is 0. The minimum atomic E-state index is -3.69. The van der Waals surface area contributed by atoms with Crippen LogP contribution in [0.1, 0.15) is 30.4 Å². The summed E-state index contributed by atoms with van der Waals surface area (Å²) in [5.74, 6) is -0.353. The Morgan fingerprint density at radius 2 is 1.37 bits per heavy atom. The van der Waals surface area contributed by atoms with Crippen LogP contribution < -0.4 is 10.6 Å². The second kappa shape index (κ2) is 14.5. The van der Waals surface area contributed by atoms with Gasteiger partial charge in [-0.1, -0.05) is 84.9 Å². The number of urea groups is 1. The van der Waals surface area contributed by atoms with Gasteiger partial charge in [0.15, 0.2) is 9.84 Å². The zero-order valence-electron chi connectivity index (χ0n) is 24.3. The molecule has 3 aromatic rings. The van der Waals surface area contributed by atoms with Crippen molar-refractivity contribution in [3.63, 3.8) is 0 Å². The molecule has 1 aliphatic carbocycles. The van der Waals surface area contributed by atoms with Crippen LogP contribution in [0.4, 0.5) is 4.79 Å². The Balaban J connectivity index is 1.31. The van der Waals surface area contributed by atoms with Crippen LogP contribution >= 0.6 is 0 Å². The maximum Gasteiger partial charge on any atom is 0.318 e. The Bertz CT molecular complexity index is 1470. The van der Waals surface area contributed by atoms with E-state index in [-0.39, 0.29) is 16.8 Å². The zero-order chi connectivity index (χ0) is 30.1. The number of rotatable bonds is 12. The number of benzene rings is 3. The van der Waals surface area contributed by atoms with Crippen molar-refractivity contribution in [2.24, 2.45) is 0 Å². The molecular weight excluding hydrogens is 560 g/mol. The van der Waals surface area contributed by atoms with Crippen molar-refractivity contribution in [3.8, 4) is 0 Å². The van der Waals surface area contributed by atoms with Crippen LogP contribution in [0.25, 0.3) is 0 Å². The normalized spacial score (nSPS) is 17.3. The molecule has 0 radical (unpaired) electrons. The van der Waals surface area contributed by atoms with E-state index in [1.807, 2.05) is 60.7 Å². The molecule has 1 saturated carbocycles. The molecule has 0 aromatic heterocycles. The molecule has 1 saturated heterocycles. The minimum absolute atomic E-state index is 0.190. The van der Waals surface area contributed by atoms with Crippen molar-refractivity contribution in [3.05, 3.63) is 114 Å². The zero-order valence-corrected chi connectivity index (χ0v) is 25.2. The van der Waals surface area contributed by atoms with Crippen LogP contribution in [0.3, 0.4) is 0 Å². The van der Waals surface area contributed by atoms with E-state index in [4.69, 9.17) is 0 Å². The maximum absolute atomic E-state index is 13.8. The molecule has 226 valence electrons. The first-order chi connectivity index (χ1) is 20.9. The number of carbonyl (C=O) groups is 2. The van der Waals surface area contributed by atoms with Crippen LogP contribution in [-0.4, -0.2) is 74.5 Å². The van der Waals surface area contributed by atoms with Crippen molar-refractivity contribution in [1.29, 1.82) is 0 Å². The molecule has 2 N–H and O–H groups in total. The quantitative estimate of drug-likeness (QED) is 0.325. The minimum Gasteiger partial charge on any atom is -0.348 e. The summed E-state index contributed by atoms with van der Waals surface area (Å²) in [6.45, 7) is 2.94. The number of nitrogens with zero attached hydrogens (tertiary/aromatic N) is 2. The molecule has 0 spiro atoms. The molecular formula is C34H40N4O4S. The Kier molecular flexibility index (Phi) is 10.3. The van der Waals surface area contributed by atoms with Crippen molar-refractivity contribution >= 4 is 21.8 Å². The monoisotopic (exact) mass is 600 g/mol. The topological polar surface area (TPSA) is 98.8 Å². The SMILES string of the molecule is O=C(N[C@H](/C=C/S(=O)(=O)c1ccccc1)CCc1ccccc1)[C@H](Cc1ccccc1)NC(=O)N1CCN(C2CC2)CC1. The van der Waals surface area contributed by atoms with Gasteiger partial charge in [-0.3, -0.25) is 9.69 Å². The molecule has 5 rings (SSSR count). The lowest BCUT2D eigenvalue weighted by Gasteiger charge is -2.35. The fourth-order valence-corrected chi connectivity index (χ4v) is 6.47. The number of aryl methyl sites for hydroxylation is 1. The number of sulfone groups is 1. The van der Waals surface area contributed by atoms with Crippen LogP contribution in [0, 0.1) is 0 Å². The average Bonchev–Trinajstić information content (AvgIpc) is 3.89. The highest BCUT2D eigenvalue weighted by atomic mass is 32.2. The highest BCUT2D eigenvalue weighted by Crippen LogP contribution is 2.27. The number of hydrogen-bond donors (Lipinski definition) is 2. The molecule has 2 atom stereocenters. The number of piperazine rings is 1. The fraction of sp³-hybridized carbons (Fsp3) is 0.353. The summed E-state index contributed by atoms with van der Waals surface area (Å²) in [5, 5.41) is 7.19. The van der Waals surface area contributed by atoms with Crippen molar-refractivity contribution in [2.75, 3.05) is 26.2 Å². The van der Waals surface area contributed by atoms with Gasteiger partial charge in [0.2, 0.25) is 5.91 Å². The van der Waals surface area contributed by atoms with Gasteiger partial charge in [0, 0.05) is 50.1 Å². The Hall–Kier alpha value is -3.95. The highest BCUT2D eigenvalue weighted by Gasteiger charge is 2.33. The van der Waals surface area contributed by atoms with E-state index < -0.39 is 21.9 Å². The molecule has 9 heteroatoms. The van der Waals surface area contributed by atoms with Gasteiger partial charge in [-0.05, 0) is 48.9 Å². The highest BCUT2D eigenvalue weighted by molar-refractivity contribution is 7.94. The van der Waals surface area contributed by atoms with Gasteiger partial charge in [-0.25, -0.2) is 13.2 Å². The molecule has 43 heavy (non-hydrogen) atoms. The first-order valence-corrected chi connectivity index (χ1v) is 16.6. The summed E-state index contributed by atoms with van der Waals surface area (Å²) in [6.07, 6.45) is 5.46. The lowest BCUT2D eigenvalue weighted by molar-refractivity contribution is -0.123. The second-order valence-corrected chi connectivity index (χ2v) is 13.1. The van der Waals surface area contributed by atoms with Crippen molar-refractivity contribution in [1.82, 2.24) is 20.4 Å². The summed E-state index contributed by atoms with van der Waals surface area (Å²) in [7, 11) is -3.69.